The van der Waals surface area contributed by atoms with Crippen LogP contribution >= 0.6 is 0 Å². The van der Waals surface area contributed by atoms with E-state index in [0.29, 0.717) is 5.92 Å². The molecule has 0 unspecified atom stereocenters. The fourth-order valence-electron chi connectivity index (χ4n) is 6.84. The molecule has 10 atom stereocenters. The third kappa shape index (κ3) is 2.65. The van der Waals surface area contributed by atoms with Gasteiger partial charge in [-0.25, -0.2) is 0 Å². The zero-order valence-corrected chi connectivity index (χ0v) is 18.2. The van der Waals surface area contributed by atoms with Crippen LogP contribution in [0.4, 0.5) is 0 Å². The Bertz CT molecular complexity index is 829. The van der Waals surface area contributed by atoms with Gasteiger partial charge < -0.3 is 15.5 Å². The van der Waals surface area contributed by atoms with E-state index in [0.717, 1.165) is 19.3 Å². The fourth-order valence-corrected chi connectivity index (χ4v) is 6.84. The van der Waals surface area contributed by atoms with Crippen LogP contribution in [0.3, 0.4) is 0 Å². The first-order chi connectivity index (χ1) is 14.1. The van der Waals surface area contributed by atoms with Gasteiger partial charge in [0, 0.05) is 11.3 Å². The standard InChI is InChI=1S/C24H33NO5/c1-12-5-8-16-15(11-12)7-10-17-18(9-6-13(2)26)24(21(29)23(16,17)4)20(28)19(14(3)27)25-22(24)30/h6-7,9-10,12-19,26-27H,5,8,11H2,1-4H3,(H,25,30)/b9-6+/t12-,13-,14-,15-,16-,17+,18+,19+,23+,24+/m1/s1. The molecule has 0 radical (unpaired) electrons. The van der Waals surface area contributed by atoms with Crippen molar-refractivity contribution in [3.05, 3.63) is 24.3 Å². The molecule has 164 valence electrons. The van der Waals surface area contributed by atoms with Crippen LogP contribution in [-0.2, 0) is 14.4 Å². The van der Waals surface area contributed by atoms with Crippen LogP contribution in [0.15, 0.2) is 24.3 Å². The lowest BCUT2D eigenvalue weighted by Crippen LogP contribution is -2.50. The number of nitrogens with one attached hydrogen (secondary N) is 1. The summed E-state index contributed by atoms with van der Waals surface area (Å²) in [4.78, 5) is 41.0. The lowest BCUT2D eigenvalue weighted by atomic mass is 9.55. The van der Waals surface area contributed by atoms with Gasteiger partial charge in [-0.2, -0.15) is 0 Å². The quantitative estimate of drug-likeness (QED) is 0.482. The maximum absolute atomic E-state index is 14.2. The minimum Gasteiger partial charge on any atom is -0.391 e. The van der Waals surface area contributed by atoms with Gasteiger partial charge in [0.25, 0.3) is 0 Å². The molecule has 3 fully saturated rings. The van der Waals surface area contributed by atoms with E-state index in [1.807, 2.05) is 13.0 Å². The highest BCUT2D eigenvalue weighted by Gasteiger charge is 2.76. The van der Waals surface area contributed by atoms with Gasteiger partial charge in [-0.3, -0.25) is 14.4 Å². The molecule has 1 aliphatic heterocycles. The maximum Gasteiger partial charge on any atom is 0.242 e. The van der Waals surface area contributed by atoms with Crippen molar-refractivity contribution in [2.75, 3.05) is 0 Å². The molecule has 6 nitrogen and oxygen atoms in total. The smallest absolute Gasteiger partial charge is 0.242 e. The molecule has 1 amide bonds. The summed E-state index contributed by atoms with van der Waals surface area (Å²) in [5, 5.41) is 22.5. The van der Waals surface area contributed by atoms with Gasteiger partial charge in [-0.15, -0.1) is 0 Å². The van der Waals surface area contributed by atoms with E-state index >= 15 is 0 Å². The molecule has 1 saturated heterocycles. The molecule has 0 aromatic rings. The normalized spacial score (nSPS) is 47.5. The first-order valence-corrected chi connectivity index (χ1v) is 11.2. The van der Waals surface area contributed by atoms with Crippen molar-refractivity contribution >= 4 is 17.5 Å². The van der Waals surface area contributed by atoms with E-state index < -0.39 is 46.7 Å². The van der Waals surface area contributed by atoms with Crippen molar-refractivity contribution < 1.29 is 24.6 Å². The lowest BCUT2D eigenvalue weighted by Gasteiger charge is -2.48. The number of amides is 1. The lowest BCUT2D eigenvalue weighted by molar-refractivity contribution is -0.149. The van der Waals surface area contributed by atoms with Crippen molar-refractivity contribution in [3.8, 4) is 0 Å². The monoisotopic (exact) mass is 415 g/mol. The molecule has 3 N–H and O–H groups in total. The summed E-state index contributed by atoms with van der Waals surface area (Å²) < 4.78 is 0. The van der Waals surface area contributed by atoms with Gasteiger partial charge >= 0.3 is 0 Å². The van der Waals surface area contributed by atoms with Gasteiger partial charge in [0.1, 0.15) is 6.04 Å². The molecule has 0 aromatic carbocycles. The number of fused-ring (bicyclic) bond motifs is 3. The number of ketones is 2. The predicted molar refractivity (Wildman–Crippen MR) is 111 cm³/mol. The molecule has 2 saturated carbocycles. The second-order valence-corrected chi connectivity index (χ2v) is 10.2. The van der Waals surface area contributed by atoms with Gasteiger partial charge in [0.05, 0.1) is 12.2 Å². The Hall–Kier alpha value is -1.79. The molecule has 1 spiro atoms. The number of hydrogen-bond acceptors (Lipinski definition) is 5. The Morgan fingerprint density at radius 1 is 1.17 bits per heavy atom. The second-order valence-electron chi connectivity index (χ2n) is 10.2. The highest BCUT2D eigenvalue weighted by molar-refractivity contribution is 6.32. The highest BCUT2D eigenvalue weighted by atomic mass is 16.3. The van der Waals surface area contributed by atoms with Crippen molar-refractivity contribution in [1.29, 1.82) is 0 Å². The Kier molecular flexibility index (Phi) is 5.09. The van der Waals surface area contributed by atoms with Gasteiger partial charge in [0.15, 0.2) is 17.0 Å². The van der Waals surface area contributed by atoms with E-state index in [2.05, 4.69) is 18.3 Å². The van der Waals surface area contributed by atoms with E-state index in [1.165, 1.54) is 6.92 Å². The van der Waals surface area contributed by atoms with Crippen molar-refractivity contribution in [2.45, 2.75) is 65.2 Å². The van der Waals surface area contributed by atoms with Crippen LogP contribution in [0.25, 0.3) is 0 Å². The molecular formula is C24H33NO5. The summed E-state index contributed by atoms with van der Waals surface area (Å²) in [5.74, 6) is -1.46. The Balaban J connectivity index is 1.88. The summed E-state index contributed by atoms with van der Waals surface area (Å²) in [6.45, 7) is 7.22. The summed E-state index contributed by atoms with van der Waals surface area (Å²) in [6, 6.07) is -1.08. The number of Topliss-reactive ketones (excluding diaryl/α,β-unsaturated/α-hetero) is 2. The molecule has 4 rings (SSSR count). The van der Waals surface area contributed by atoms with Gasteiger partial charge in [-0.1, -0.05) is 44.6 Å². The van der Waals surface area contributed by atoms with Crippen molar-refractivity contribution in [2.24, 2.45) is 40.4 Å². The SMILES string of the molecule is C[C@@H]1CC[C@@H]2[C@H](C=C[C@H]3[C@H](/C=C/[C@@H](C)O)[C@@]4(C(=O)N[C@@H]([C@@H](C)O)C4=O)C(=O)[C@@]23C)C1. The fraction of sp³-hybridized carbons (Fsp3) is 0.708. The van der Waals surface area contributed by atoms with E-state index in [-0.39, 0.29) is 23.5 Å². The molecule has 0 aromatic heterocycles. The van der Waals surface area contributed by atoms with Crippen LogP contribution in [0.2, 0.25) is 0 Å². The number of hydrogen-bond donors (Lipinski definition) is 3. The number of carbonyl (C=O) groups is 3. The third-order valence-corrected chi connectivity index (χ3v) is 8.32. The molecule has 30 heavy (non-hydrogen) atoms. The average Bonchev–Trinajstić information content (AvgIpc) is 3.05. The van der Waals surface area contributed by atoms with Crippen LogP contribution in [0, 0.1) is 40.4 Å². The van der Waals surface area contributed by atoms with Gasteiger partial charge in [-0.05, 0) is 50.4 Å². The van der Waals surface area contributed by atoms with Gasteiger partial charge in [0.2, 0.25) is 5.91 Å². The largest absolute Gasteiger partial charge is 0.391 e. The molecule has 0 bridgehead atoms. The number of aliphatic hydroxyl groups excluding tert-OH is 2. The van der Waals surface area contributed by atoms with E-state index in [9.17, 15) is 24.6 Å². The number of allylic oxidation sites excluding steroid dienone is 3. The summed E-state index contributed by atoms with van der Waals surface area (Å²) in [7, 11) is 0. The van der Waals surface area contributed by atoms with E-state index in [1.54, 1.807) is 19.1 Å². The maximum atomic E-state index is 14.2. The summed E-state index contributed by atoms with van der Waals surface area (Å²) in [5.41, 5.74) is -2.66. The van der Waals surface area contributed by atoms with Crippen LogP contribution in [0.1, 0.15) is 47.0 Å². The molecular weight excluding hydrogens is 382 g/mol. The molecule has 1 heterocycles. The number of rotatable bonds is 3. The Morgan fingerprint density at radius 3 is 2.47 bits per heavy atom. The third-order valence-electron chi connectivity index (χ3n) is 8.32. The zero-order valence-electron chi connectivity index (χ0n) is 18.2. The minimum absolute atomic E-state index is 0.0872. The van der Waals surface area contributed by atoms with Crippen LogP contribution in [0.5, 0.6) is 0 Å². The van der Waals surface area contributed by atoms with E-state index in [4.69, 9.17) is 0 Å². The van der Waals surface area contributed by atoms with Crippen molar-refractivity contribution in [1.82, 2.24) is 5.32 Å². The first kappa shape index (κ1) is 21.4. The topological polar surface area (TPSA) is 104 Å². The average molecular weight is 416 g/mol. The summed E-state index contributed by atoms with van der Waals surface area (Å²) >= 11 is 0. The molecule has 3 aliphatic carbocycles. The highest BCUT2D eigenvalue weighted by Crippen LogP contribution is 2.65. The Labute approximate surface area is 177 Å². The summed E-state index contributed by atoms with van der Waals surface area (Å²) in [6.07, 6.45) is 8.58. The minimum atomic E-state index is -1.84. The molecule has 6 heteroatoms. The first-order valence-electron chi connectivity index (χ1n) is 11.2. The second kappa shape index (κ2) is 7.13. The van der Waals surface area contributed by atoms with Crippen LogP contribution < -0.4 is 5.32 Å². The molecule has 4 aliphatic rings. The predicted octanol–water partition coefficient (Wildman–Crippen LogP) is 1.80. The zero-order chi connectivity index (χ0) is 22.0. The Morgan fingerprint density at radius 2 is 1.87 bits per heavy atom. The van der Waals surface area contributed by atoms with Crippen molar-refractivity contribution in [3.63, 3.8) is 0 Å². The number of aliphatic hydroxyl groups is 2. The number of carbonyl (C=O) groups excluding carboxylic acids is 3. The van der Waals surface area contributed by atoms with Crippen LogP contribution in [-0.4, -0.2) is 45.9 Å².